The van der Waals surface area contributed by atoms with Crippen LogP contribution in [0.3, 0.4) is 0 Å². The summed E-state index contributed by atoms with van der Waals surface area (Å²) < 4.78 is 0. The third kappa shape index (κ3) is 4.77. The predicted octanol–water partition coefficient (Wildman–Crippen LogP) is 3.38. The summed E-state index contributed by atoms with van der Waals surface area (Å²) >= 11 is 7.13. The fourth-order valence-corrected chi connectivity index (χ4v) is 3.24. The van der Waals surface area contributed by atoms with Crippen molar-refractivity contribution >= 4 is 34.8 Å². The SMILES string of the molecule is Cc1nc(CC(C)C)sc1C(=O)NNC(=O)c1ccc(Cl)cc1. The van der Waals surface area contributed by atoms with Gasteiger partial charge >= 0.3 is 0 Å². The second-order valence-electron chi connectivity index (χ2n) is 5.54. The molecule has 0 aliphatic heterocycles. The number of hydrazine groups is 1. The molecule has 2 amide bonds. The molecule has 0 radical (unpaired) electrons. The summed E-state index contributed by atoms with van der Waals surface area (Å²) in [6.07, 6.45) is 0.829. The summed E-state index contributed by atoms with van der Waals surface area (Å²) in [4.78, 5) is 29.0. The molecule has 2 rings (SSSR count). The number of amides is 2. The Labute approximate surface area is 144 Å². The lowest BCUT2D eigenvalue weighted by atomic mass is 10.1. The molecule has 0 spiro atoms. The monoisotopic (exact) mass is 351 g/mol. The van der Waals surface area contributed by atoms with Crippen molar-refractivity contribution in [3.05, 3.63) is 50.4 Å². The molecule has 0 saturated heterocycles. The molecular formula is C16H18ClN3O2S. The number of aryl methyl sites for hydroxylation is 1. The minimum atomic E-state index is -0.403. The van der Waals surface area contributed by atoms with Crippen molar-refractivity contribution in [2.45, 2.75) is 27.2 Å². The number of carbonyl (C=O) groups is 2. The summed E-state index contributed by atoms with van der Waals surface area (Å²) in [5.41, 5.74) is 5.89. The molecule has 2 aromatic rings. The molecule has 5 nitrogen and oxygen atoms in total. The van der Waals surface area contributed by atoms with Gasteiger partial charge in [0.15, 0.2) is 0 Å². The molecule has 7 heteroatoms. The second-order valence-corrected chi connectivity index (χ2v) is 7.06. The van der Waals surface area contributed by atoms with Crippen LogP contribution in [0.15, 0.2) is 24.3 Å². The van der Waals surface area contributed by atoms with Crippen LogP contribution in [0.1, 0.15) is 44.6 Å². The number of hydrogen-bond acceptors (Lipinski definition) is 4. The van der Waals surface area contributed by atoms with Gasteiger partial charge in [0, 0.05) is 17.0 Å². The van der Waals surface area contributed by atoms with Crippen molar-refractivity contribution < 1.29 is 9.59 Å². The number of halogens is 1. The van der Waals surface area contributed by atoms with E-state index in [2.05, 4.69) is 29.7 Å². The fourth-order valence-electron chi connectivity index (χ4n) is 1.94. The zero-order chi connectivity index (χ0) is 17.0. The van der Waals surface area contributed by atoms with E-state index in [1.807, 2.05) is 0 Å². The Kier molecular flexibility index (Phi) is 5.74. The third-order valence-electron chi connectivity index (χ3n) is 3.03. The number of nitrogens with zero attached hydrogens (tertiary/aromatic N) is 1. The van der Waals surface area contributed by atoms with E-state index in [1.165, 1.54) is 11.3 Å². The first-order valence-corrected chi connectivity index (χ1v) is 8.39. The summed E-state index contributed by atoms with van der Waals surface area (Å²) in [6.45, 7) is 5.99. The maximum Gasteiger partial charge on any atom is 0.281 e. The summed E-state index contributed by atoms with van der Waals surface area (Å²) in [5.74, 6) is -0.294. The number of nitrogens with one attached hydrogen (secondary N) is 2. The van der Waals surface area contributed by atoms with Crippen molar-refractivity contribution in [1.82, 2.24) is 15.8 Å². The summed E-state index contributed by atoms with van der Waals surface area (Å²) in [6, 6.07) is 6.40. The molecule has 1 heterocycles. The van der Waals surface area contributed by atoms with Crippen LogP contribution in [0.25, 0.3) is 0 Å². The second kappa shape index (κ2) is 7.57. The lowest BCUT2D eigenvalue weighted by Gasteiger charge is -2.06. The van der Waals surface area contributed by atoms with Gasteiger partial charge in [0.2, 0.25) is 0 Å². The Bertz CT molecular complexity index is 711. The molecule has 1 aromatic heterocycles. The minimum Gasteiger partial charge on any atom is -0.267 e. The normalized spacial score (nSPS) is 10.7. The van der Waals surface area contributed by atoms with Gasteiger partial charge in [0.05, 0.1) is 10.7 Å². The topological polar surface area (TPSA) is 71.1 Å². The number of benzene rings is 1. The maximum atomic E-state index is 12.2. The van der Waals surface area contributed by atoms with Crippen LogP contribution in [-0.2, 0) is 6.42 Å². The van der Waals surface area contributed by atoms with Crippen LogP contribution in [0.2, 0.25) is 5.02 Å². The summed E-state index contributed by atoms with van der Waals surface area (Å²) in [7, 11) is 0. The molecule has 0 bridgehead atoms. The molecule has 0 aliphatic carbocycles. The van der Waals surface area contributed by atoms with Crippen LogP contribution in [-0.4, -0.2) is 16.8 Å². The highest BCUT2D eigenvalue weighted by molar-refractivity contribution is 7.13. The maximum absolute atomic E-state index is 12.2. The highest BCUT2D eigenvalue weighted by Gasteiger charge is 2.16. The van der Waals surface area contributed by atoms with Crippen LogP contribution in [0.4, 0.5) is 0 Å². The first-order valence-electron chi connectivity index (χ1n) is 7.19. The van der Waals surface area contributed by atoms with Crippen LogP contribution < -0.4 is 10.9 Å². The zero-order valence-electron chi connectivity index (χ0n) is 13.1. The van der Waals surface area contributed by atoms with E-state index in [9.17, 15) is 9.59 Å². The molecule has 0 aliphatic rings. The van der Waals surface area contributed by atoms with Gasteiger partial charge in [-0.05, 0) is 37.1 Å². The molecule has 2 N–H and O–H groups in total. The average Bonchev–Trinajstić information content (AvgIpc) is 2.85. The van der Waals surface area contributed by atoms with E-state index in [0.29, 0.717) is 27.1 Å². The van der Waals surface area contributed by atoms with Crippen LogP contribution in [0, 0.1) is 12.8 Å². The van der Waals surface area contributed by atoms with Gasteiger partial charge in [-0.3, -0.25) is 20.4 Å². The minimum absolute atomic E-state index is 0.364. The first kappa shape index (κ1) is 17.4. The number of aromatic nitrogens is 1. The molecule has 0 atom stereocenters. The highest BCUT2D eigenvalue weighted by atomic mass is 35.5. The van der Waals surface area contributed by atoms with Crippen LogP contribution >= 0.6 is 22.9 Å². The van der Waals surface area contributed by atoms with Crippen LogP contribution in [0.5, 0.6) is 0 Å². The lowest BCUT2D eigenvalue weighted by molar-refractivity contribution is 0.0848. The third-order valence-corrected chi connectivity index (χ3v) is 4.46. The fraction of sp³-hybridized carbons (Fsp3) is 0.312. The van der Waals surface area contributed by atoms with Crippen molar-refractivity contribution in [2.75, 3.05) is 0 Å². The average molecular weight is 352 g/mol. The Morgan fingerprint density at radius 2 is 1.78 bits per heavy atom. The largest absolute Gasteiger partial charge is 0.281 e. The van der Waals surface area contributed by atoms with E-state index in [0.717, 1.165) is 11.4 Å². The number of hydrogen-bond donors (Lipinski definition) is 2. The van der Waals surface area contributed by atoms with Gasteiger partial charge in [0.25, 0.3) is 11.8 Å². The molecule has 1 aromatic carbocycles. The molecule has 122 valence electrons. The predicted molar refractivity (Wildman–Crippen MR) is 91.8 cm³/mol. The number of carbonyl (C=O) groups excluding carboxylic acids is 2. The zero-order valence-corrected chi connectivity index (χ0v) is 14.7. The quantitative estimate of drug-likeness (QED) is 0.829. The van der Waals surface area contributed by atoms with Gasteiger partial charge in [0.1, 0.15) is 4.88 Å². The Morgan fingerprint density at radius 1 is 1.17 bits per heavy atom. The van der Waals surface area contributed by atoms with Crippen molar-refractivity contribution in [1.29, 1.82) is 0 Å². The Hall–Kier alpha value is -1.92. The first-order chi connectivity index (χ1) is 10.9. The molecule has 0 fully saturated rings. The van der Waals surface area contributed by atoms with E-state index in [4.69, 9.17) is 11.6 Å². The highest BCUT2D eigenvalue weighted by Crippen LogP contribution is 2.20. The van der Waals surface area contributed by atoms with E-state index >= 15 is 0 Å². The van der Waals surface area contributed by atoms with Gasteiger partial charge in [-0.15, -0.1) is 11.3 Å². The smallest absolute Gasteiger partial charge is 0.267 e. The molecule has 23 heavy (non-hydrogen) atoms. The van der Waals surface area contributed by atoms with Gasteiger partial charge in [-0.1, -0.05) is 25.4 Å². The van der Waals surface area contributed by atoms with Gasteiger partial charge in [-0.2, -0.15) is 0 Å². The van der Waals surface area contributed by atoms with E-state index in [1.54, 1.807) is 31.2 Å². The molecule has 0 saturated carbocycles. The summed E-state index contributed by atoms with van der Waals surface area (Å²) in [5, 5.41) is 1.47. The number of thiazole rings is 1. The lowest BCUT2D eigenvalue weighted by Crippen LogP contribution is -2.41. The Morgan fingerprint density at radius 3 is 2.39 bits per heavy atom. The molecular weight excluding hydrogens is 334 g/mol. The van der Waals surface area contributed by atoms with Gasteiger partial charge in [-0.25, -0.2) is 4.98 Å². The van der Waals surface area contributed by atoms with Gasteiger partial charge < -0.3 is 0 Å². The van der Waals surface area contributed by atoms with Crippen molar-refractivity contribution in [2.24, 2.45) is 5.92 Å². The standard InChI is InChI=1S/C16H18ClN3O2S/c1-9(2)8-13-18-10(3)14(23-13)16(22)20-19-15(21)11-4-6-12(17)7-5-11/h4-7,9H,8H2,1-3H3,(H,19,21)(H,20,22). The Balaban J connectivity index is 1.98. The van der Waals surface area contributed by atoms with Crippen molar-refractivity contribution in [3.8, 4) is 0 Å². The van der Waals surface area contributed by atoms with E-state index in [-0.39, 0.29) is 5.91 Å². The molecule has 0 unspecified atom stereocenters. The van der Waals surface area contributed by atoms with Crippen molar-refractivity contribution in [3.63, 3.8) is 0 Å². The number of rotatable bonds is 4. The van der Waals surface area contributed by atoms with E-state index < -0.39 is 5.91 Å².